The van der Waals surface area contributed by atoms with Gasteiger partial charge in [-0.2, -0.15) is 0 Å². The van der Waals surface area contributed by atoms with Gasteiger partial charge in [-0.3, -0.25) is 4.98 Å². The molecule has 0 saturated carbocycles. The number of carbonyl (C=O) groups is 1. The van der Waals surface area contributed by atoms with Gasteiger partial charge in [0.05, 0.1) is 11.7 Å². The Balaban J connectivity index is 1.82. The number of nitrogens with zero attached hydrogens (tertiary/aromatic N) is 2. The third-order valence-corrected chi connectivity index (χ3v) is 3.72. The van der Waals surface area contributed by atoms with E-state index in [-0.39, 0.29) is 0 Å². The van der Waals surface area contributed by atoms with Crippen LogP contribution in [0.15, 0.2) is 24.7 Å². The summed E-state index contributed by atoms with van der Waals surface area (Å²) < 4.78 is 0. The quantitative estimate of drug-likeness (QED) is 0.810. The summed E-state index contributed by atoms with van der Waals surface area (Å²) in [5.41, 5.74) is 2.34. The third kappa shape index (κ3) is 1.81. The molecule has 2 N–H and O–H groups in total. The zero-order valence-corrected chi connectivity index (χ0v) is 9.97. The maximum Gasteiger partial charge on any atom is 0.407 e. The fourth-order valence-corrected chi connectivity index (χ4v) is 2.71. The van der Waals surface area contributed by atoms with E-state index in [1.165, 1.54) is 15.8 Å². The second-order valence-electron chi connectivity index (χ2n) is 4.71. The van der Waals surface area contributed by atoms with Gasteiger partial charge in [0, 0.05) is 30.9 Å². The highest BCUT2D eigenvalue weighted by molar-refractivity contribution is 5.82. The summed E-state index contributed by atoms with van der Waals surface area (Å²) in [4.78, 5) is 19.7. The van der Waals surface area contributed by atoms with Crippen molar-refractivity contribution in [2.45, 2.75) is 18.8 Å². The lowest BCUT2D eigenvalue weighted by Crippen LogP contribution is -2.36. The topological polar surface area (TPSA) is 69.2 Å². The molecule has 1 saturated heterocycles. The van der Waals surface area contributed by atoms with Crippen LogP contribution in [0, 0.1) is 0 Å². The number of nitrogens with one attached hydrogen (secondary N) is 1. The number of aromatic amines is 1. The summed E-state index contributed by atoms with van der Waals surface area (Å²) in [7, 11) is 0. The van der Waals surface area contributed by atoms with Gasteiger partial charge >= 0.3 is 6.09 Å². The van der Waals surface area contributed by atoms with Gasteiger partial charge in [0.2, 0.25) is 0 Å². The fraction of sp³-hybridized carbons (Fsp3) is 0.385. The minimum absolute atomic E-state index is 0.441. The Morgan fingerprint density at radius 1 is 1.44 bits per heavy atom. The van der Waals surface area contributed by atoms with Crippen molar-refractivity contribution in [3.63, 3.8) is 0 Å². The molecular formula is C13H15N3O2. The number of carboxylic acid groups (broad SMARTS) is 1. The molecular weight excluding hydrogens is 230 g/mol. The molecule has 2 aromatic heterocycles. The van der Waals surface area contributed by atoms with Crippen LogP contribution in [-0.4, -0.2) is 39.2 Å². The molecule has 1 amide bonds. The molecule has 1 fully saturated rings. The molecule has 0 aliphatic carbocycles. The first-order chi connectivity index (χ1) is 8.75. The van der Waals surface area contributed by atoms with Crippen LogP contribution in [0.1, 0.15) is 24.3 Å². The number of hydrogen-bond acceptors (Lipinski definition) is 2. The van der Waals surface area contributed by atoms with E-state index in [1.807, 2.05) is 18.5 Å². The van der Waals surface area contributed by atoms with Gasteiger partial charge in [-0.25, -0.2) is 4.79 Å². The van der Waals surface area contributed by atoms with Crippen LogP contribution in [0.3, 0.4) is 0 Å². The number of fused-ring (bicyclic) bond motifs is 1. The van der Waals surface area contributed by atoms with Crippen LogP contribution in [0.25, 0.3) is 10.9 Å². The fourth-order valence-electron chi connectivity index (χ4n) is 2.71. The van der Waals surface area contributed by atoms with Crippen molar-refractivity contribution in [1.29, 1.82) is 0 Å². The molecule has 0 unspecified atom stereocenters. The molecule has 94 valence electrons. The molecule has 3 heterocycles. The average Bonchev–Trinajstić information content (AvgIpc) is 2.82. The maximum absolute atomic E-state index is 10.9. The largest absolute Gasteiger partial charge is 0.465 e. The highest BCUT2D eigenvalue weighted by Gasteiger charge is 2.24. The predicted molar refractivity (Wildman–Crippen MR) is 67.7 cm³/mol. The van der Waals surface area contributed by atoms with Crippen molar-refractivity contribution in [1.82, 2.24) is 14.9 Å². The Hall–Kier alpha value is -2.04. The highest BCUT2D eigenvalue weighted by atomic mass is 16.4. The summed E-state index contributed by atoms with van der Waals surface area (Å²) in [6.07, 6.45) is 6.63. The maximum atomic E-state index is 10.9. The Morgan fingerprint density at radius 3 is 2.94 bits per heavy atom. The first kappa shape index (κ1) is 11.1. The van der Waals surface area contributed by atoms with Gasteiger partial charge in [0.25, 0.3) is 0 Å². The number of hydrogen-bond donors (Lipinski definition) is 2. The summed E-state index contributed by atoms with van der Waals surface area (Å²) in [5.74, 6) is 0.441. The minimum Gasteiger partial charge on any atom is -0.465 e. The van der Waals surface area contributed by atoms with Crippen molar-refractivity contribution in [3.8, 4) is 0 Å². The molecule has 0 spiro atoms. The number of H-pyrrole nitrogens is 1. The van der Waals surface area contributed by atoms with Crippen LogP contribution in [0.2, 0.25) is 0 Å². The molecule has 1 aliphatic rings. The van der Waals surface area contributed by atoms with Gasteiger partial charge in [-0.05, 0) is 30.4 Å². The lowest BCUT2D eigenvalue weighted by Gasteiger charge is -2.29. The molecule has 1 aliphatic heterocycles. The van der Waals surface area contributed by atoms with Crippen molar-refractivity contribution < 1.29 is 9.90 Å². The first-order valence-electron chi connectivity index (χ1n) is 6.14. The second-order valence-corrected chi connectivity index (χ2v) is 4.71. The lowest BCUT2D eigenvalue weighted by atomic mass is 9.89. The Kier molecular flexibility index (Phi) is 2.66. The summed E-state index contributed by atoms with van der Waals surface area (Å²) in [6, 6.07) is 2.02. The summed E-state index contributed by atoms with van der Waals surface area (Å²) in [5, 5.41) is 10.1. The van der Waals surface area contributed by atoms with Gasteiger partial charge in [-0.1, -0.05) is 0 Å². The van der Waals surface area contributed by atoms with Crippen molar-refractivity contribution in [2.75, 3.05) is 13.1 Å². The molecule has 0 aromatic carbocycles. The van der Waals surface area contributed by atoms with Gasteiger partial charge in [0.1, 0.15) is 0 Å². The predicted octanol–water partition coefficient (Wildman–Crippen LogP) is 2.42. The van der Waals surface area contributed by atoms with Crippen LogP contribution in [0.4, 0.5) is 4.79 Å². The zero-order chi connectivity index (χ0) is 12.5. The zero-order valence-electron chi connectivity index (χ0n) is 9.97. The van der Waals surface area contributed by atoms with E-state index in [9.17, 15) is 4.79 Å². The van der Waals surface area contributed by atoms with E-state index >= 15 is 0 Å². The summed E-state index contributed by atoms with van der Waals surface area (Å²) in [6.45, 7) is 1.25. The molecule has 18 heavy (non-hydrogen) atoms. The number of pyridine rings is 1. The van der Waals surface area contributed by atoms with E-state index in [4.69, 9.17) is 5.11 Å². The molecule has 0 radical (unpaired) electrons. The second kappa shape index (κ2) is 4.33. The molecule has 5 heteroatoms. The van der Waals surface area contributed by atoms with Gasteiger partial charge < -0.3 is 15.0 Å². The summed E-state index contributed by atoms with van der Waals surface area (Å²) >= 11 is 0. The van der Waals surface area contributed by atoms with Gasteiger partial charge in [0.15, 0.2) is 0 Å². The standard InChI is InChI=1S/C13H15N3O2/c17-13(18)16-5-2-9(3-6-16)11-7-15-12-8-14-4-1-10(11)12/h1,4,7-9,15H,2-3,5-6H2,(H,17,18). The van der Waals surface area contributed by atoms with E-state index in [2.05, 4.69) is 9.97 Å². The number of amides is 1. The molecule has 0 bridgehead atoms. The first-order valence-corrected chi connectivity index (χ1v) is 6.14. The number of rotatable bonds is 1. The molecule has 3 rings (SSSR count). The van der Waals surface area contributed by atoms with E-state index in [0.717, 1.165) is 18.4 Å². The van der Waals surface area contributed by atoms with Gasteiger partial charge in [-0.15, -0.1) is 0 Å². The highest BCUT2D eigenvalue weighted by Crippen LogP contribution is 2.32. The normalized spacial score (nSPS) is 17.2. The van der Waals surface area contributed by atoms with Crippen molar-refractivity contribution in [2.24, 2.45) is 0 Å². The molecule has 2 aromatic rings. The molecule has 0 atom stereocenters. The van der Waals surface area contributed by atoms with Crippen LogP contribution in [-0.2, 0) is 0 Å². The van der Waals surface area contributed by atoms with E-state index < -0.39 is 6.09 Å². The number of likely N-dealkylation sites (tertiary alicyclic amines) is 1. The van der Waals surface area contributed by atoms with Crippen molar-refractivity contribution in [3.05, 3.63) is 30.2 Å². The average molecular weight is 245 g/mol. The van der Waals surface area contributed by atoms with E-state index in [1.54, 1.807) is 6.20 Å². The SMILES string of the molecule is O=C(O)N1CCC(c2c[nH]c3cnccc23)CC1. The molecule has 5 nitrogen and oxygen atoms in total. The Labute approximate surface area is 104 Å². The Morgan fingerprint density at radius 2 is 2.22 bits per heavy atom. The van der Waals surface area contributed by atoms with Crippen LogP contribution < -0.4 is 0 Å². The Bertz CT molecular complexity index is 570. The van der Waals surface area contributed by atoms with E-state index in [0.29, 0.717) is 19.0 Å². The number of piperidine rings is 1. The lowest BCUT2D eigenvalue weighted by molar-refractivity contribution is 0.132. The smallest absolute Gasteiger partial charge is 0.407 e. The third-order valence-electron chi connectivity index (χ3n) is 3.72. The monoisotopic (exact) mass is 245 g/mol. The van der Waals surface area contributed by atoms with Crippen molar-refractivity contribution >= 4 is 17.0 Å². The minimum atomic E-state index is -0.809. The number of aromatic nitrogens is 2. The van der Waals surface area contributed by atoms with Crippen LogP contribution in [0.5, 0.6) is 0 Å². The van der Waals surface area contributed by atoms with Crippen LogP contribution >= 0.6 is 0 Å².